The monoisotopic (exact) mass is 391 g/mol. The summed E-state index contributed by atoms with van der Waals surface area (Å²) in [6.45, 7) is 2.24. The van der Waals surface area contributed by atoms with Crippen molar-refractivity contribution in [1.82, 2.24) is 29.4 Å². The number of rotatable bonds is 4. The van der Waals surface area contributed by atoms with Crippen LogP contribution >= 0.6 is 0 Å². The molecule has 1 aromatic carbocycles. The Bertz CT molecular complexity index is 1280. The van der Waals surface area contributed by atoms with Gasteiger partial charge in [0, 0.05) is 36.8 Å². The van der Waals surface area contributed by atoms with Gasteiger partial charge in [-0.05, 0) is 31.5 Å². The van der Waals surface area contributed by atoms with Gasteiger partial charge in [-0.3, -0.25) is 4.68 Å². The molecule has 3 aromatic heterocycles. The number of nitrogens with zero attached hydrogens (tertiary/aromatic N) is 6. The largest absolute Gasteiger partial charge is 0.489 e. The molecule has 0 amide bonds. The fourth-order valence-corrected chi connectivity index (χ4v) is 4.22. The first-order valence-corrected chi connectivity index (χ1v) is 9.51. The van der Waals surface area contributed by atoms with Crippen molar-refractivity contribution in [2.45, 2.75) is 31.9 Å². The molecule has 2 aliphatic rings. The zero-order valence-electron chi connectivity index (χ0n) is 15.9. The normalized spacial score (nSPS) is 19.1. The minimum Gasteiger partial charge on any atom is -0.489 e. The predicted octanol–water partition coefficient (Wildman–Crippen LogP) is 2.83. The second-order valence-corrected chi connectivity index (χ2v) is 7.58. The molecule has 1 fully saturated rings. The van der Waals surface area contributed by atoms with Crippen LogP contribution in [0.3, 0.4) is 0 Å². The van der Waals surface area contributed by atoms with Crippen LogP contribution in [0.2, 0.25) is 0 Å². The molecule has 4 aromatic rings. The third-order valence-corrected chi connectivity index (χ3v) is 5.65. The van der Waals surface area contributed by atoms with Gasteiger partial charge in [0.05, 0.1) is 17.0 Å². The molecule has 1 aliphatic carbocycles. The second kappa shape index (κ2) is 5.76. The Hall–Kier alpha value is -3.49. The van der Waals surface area contributed by atoms with Gasteiger partial charge in [0.15, 0.2) is 5.65 Å². The zero-order valence-corrected chi connectivity index (χ0v) is 15.9. The van der Waals surface area contributed by atoms with Crippen molar-refractivity contribution >= 4 is 11.6 Å². The molecule has 146 valence electrons. The maximum absolute atomic E-state index is 14.6. The lowest BCUT2D eigenvalue weighted by molar-refractivity contribution is 0.318. The summed E-state index contributed by atoms with van der Waals surface area (Å²) in [5, 5.41) is 11.9. The molecule has 6 rings (SSSR count). The average Bonchev–Trinajstić information content (AvgIpc) is 3.04. The molecule has 2 unspecified atom stereocenters. The zero-order chi connectivity index (χ0) is 19.7. The summed E-state index contributed by atoms with van der Waals surface area (Å²) < 4.78 is 23.8. The van der Waals surface area contributed by atoms with Crippen LogP contribution in [0.25, 0.3) is 16.9 Å². The molecular weight excluding hydrogens is 373 g/mol. The van der Waals surface area contributed by atoms with E-state index in [4.69, 9.17) is 4.74 Å². The van der Waals surface area contributed by atoms with Gasteiger partial charge in [-0.25, -0.2) is 14.4 Å². The molecule has 0 radical (unpaired) electrons. The summed E-state index contributed by atoms with van der Waals surface area (Å²) in [5.74, 6) is 1.38. The molecule has 1 saturated carbocycles. The van der Waals surface area contributed by atoms with Gasteiger partial charge in [0.25, 0.3) is 0 Å². The minimum absolute atomic E-state index is 0.215. The van der Waals surface area contributed by atoms with Crippen molar-refractivity contribution in [2.75, 3.05) is 5.32 Å². The highest BCUT2D eigenvalue weighted by molar-refractivity contribution is 5.75. The number of hydrogen-bond acceptors (Lipinski definition) is 6. The number of benzene rings is 1. The van der Waals surface area contributed by atoms with E-state index >= 15 is 0 Å². The lowest BCUT2D eigenvalue weighted by Gasteiger charge is -2.13. The highest BCUT2D eigenvalue weighted by atomic mass is 19.1. The topological polar surface area (TPSA) is 82.2 Å². The Balaban J connectivity index is 1.36. The van der Waals surface area contributed by atoms with E-state index in [9.17, 15) is 4.39 Å². The maximum atomic E-state index is 14.6. The van der Waals surface area contributed by atoms with Gasteiger partial charge in [0.2, 0.25) is 5.95 Å². The van der Waals surface area contributed by atoms with E-state index in [0.717, 1.165) is 34.7 Å². The lowest BCUT2D eigenvalue weighted by Crippen LogP contribution is -2.11. The second-order valence-electron chi connectivity index (χ2n) is 7.58. The average molecular weight is 391 g/mol. The molecule has 0 bridgehead atoms. The summed E-state index contributed by atoms with van der Waals surface area (Å²) in [4.78, 5) is 8.92. The number of halogens is 1. The van der Waals surface area contributed by atoms with Crippen LogP contribution in [-0.2, 0) is 13.6 Å². The summed E-state index contributed by atoms with van der Waals surface area (Å²) in [6, 6.07) is 5.17. The summed E-state index contributed by atoms with van der Waals surface area (Å²) >= 11 is 0. The van der Waals surface area contributed by atoms with Crippen molar-refractivity contribution in [1.29, 1.82) is 0 Å². The third-order valence-electron chi connectivity index (χ3n) is 5.65. The van der Waals surface area contributed by atoms with E-state index in [1.807, 2.05) is 20.0 Å². The lowest BCUT2D eigenvalue weighted by atomic mass is 10.0. The first kappa shape index (κ1) is 16.5. The number of hydrogen-bond donors (Lipinski definition) is 1. The van der Waals surface area contributed by atoms with Gasteiger partial charge in [-0.15, -0.1) is 0 Å². The standard InChI is InChI=1S/C20H18FN7O/c1-10-5-15(27(2)26-10)13-8-23-20(28-19(13)24-9-25-28)22-7-12-14(21)3-4-16-18(12)11-6-17(11)29-16/h3-5,8-9,11,17H,6-7H2,1-2H3,(H,22,23). The number of aromatic nitrogens is 6. The van der Waals surface area contributed by atoms with Crippen molar-refractivity contribution < 1.29 is 9.13 Å². The predicted molar refractivity (Wildman–Crippen MR) is 103 cm³/mol. The van der Waals surface area contributed by atoms with E-state index in [-0.39, 0.29) is 11.9 Å². The van der Waals surface area contributed by atoms with Gasteiger partial charge in [-0.2, -0.15) is 14.7 Å². The van der Waals surface area contributed by atoms with Gasteiger partial charge in [-0.1, -0.05) is 0 Å². The van der Waals surface area contributed by atoms with Gasteiger partial charge >= 0.3 is 0 Å². The first-order chi connectivity index (χ1) is 14.1. The number of anilines is 1. The van der Waals surface area contributed by atoms with E-state index in [2.05, 4.69) is 25.5 Å². The minimum atomic E-state index is -0.232. The van der Waals surface area contributed by atoms with E-state index < -0.39 is 0 Å². The number of nitrogens with one attached hydrogen (secondary N) is 1. The highest BCUT2D eigenvalue weighted by Crippen LogP contribution is 2.55. The van der Waals surface area contributed by atoms with Crippen molar-refractivity contribution in [3.63, 3.8) is 0 Å². The van der Waals surface area contributed by atoms with Crippen LogP contribution in [0.4, 0.5) is 10.3 Å². The molecular formula is C20H18FN7O. The summed E-state index contributed by atoms with van der Waals surface area (Å²) in [6.07, 6.45) is 4.41. The summed E-state index contributed by atoms with van der Waals surface area (Å²) in [7, 11) is 1.88. The number of aryl methyl sites for hydroxylation is 2. The molecule has 0 saturated heterocycles. The molecule has 4 heterocycles. The molecule has 29 heavy (non-hydrogen) atoms. The Morgan fingerprint density at radius 1 is 1.31 bits per heavy atom. The SMILES string of the molecule is Cc1cc(-c2cnc(NCc3c(F)ccc4c3C3CC3O4)n3ncnc23)n(C)n1. The van der Waals surface area contributed by atoms with Crippen LogP contribution < -0.4 is 10.1 Å². The molecule has 0 spiro atoms. The molecule has 8 nitrogen and oxygen atoms in total. The fraction of sp³-hybridized carbons (Fsp3) is 0.300. The number of ether oxygens (including phenoxy) is 1. The fourth-order valence-electron chi connectivity index (χ4n) is 4.22. The van der Waals surface area contributed by atoms with Gasteiger partial charge < -0.3 is 10.1 Å². The van der Waals surface area contributed by atoms with E-state index in [1.165, 1.54) is 12.4 Å². The highest BCUT2D eigenvalue weighted by Gasteiger charge is 2.49. The quantitative estimate of drug-likeness (QED) is 0.576. The van der Waals surface area contributed by atoms with Crippen LogP contribution in [0.15, 0.2) is 30.7 Å². The van der Waals surface area contributed by atoms with Crippen LogP contribution in [0, 0.1) is 12.7 Å². The van der Waals surface area contributed by atoms with Crippen LogP contribution in [0.1, 0.15) is 29.2 Å². The Kier molecular flexibility index (Phi) is 3.27. The maximum Gasteiger partial charge on any atom is 0.226 e. The summed E-state index contributed by atoms with van der Waals surface area (Å²) in [5.41, 5.74) is 4.93. The first-order valence-electron chi connectivity index (χ1n) is 9.51. The number of fused-ring (bicyclic) bond motifs is 4. The van der Waals surface area contributed by atoms with Crippen LogP contribution in [-0.4, -0.2) is 35.5 Å². The van der Waals surface area contributed by atoms with Crippen molar-refractivity contribution in [2.24, 2.45) is 7.05 Å². The van der Waals surface area contributed by atoms with Crippen molar-refractivity contribution in [3.8, 4) is 17.0 Å². The Morgan fingerprint density at radius 2 is 2.21 bits per heavy atom. The molecule has 9 heteroatoms. The van der Waals surface area contributed by atoms with Crippen LogP contribution in [0.5, 0.6) is 5.75 Å². The van der Waals surface area contributed by atoms with E-state index in [0.29, 0.717) is 29.6 Å². The third kappa shape index (κ3) is 2.43. The molecule has 1 aliphatic heterocycles. The molecule has 2 atom stereocenters. The van der Waals surface area contributed by atoms with Gasteiger partial charge in [0.1, 0.15) is 24.0 Å². The Labute approximate surface area is 165 Å². The van der Waals surface area contributed by atoms with E-state index in [1.54, 1.807) is 21.5 Å². The molecule has 1 N–H and O–H groups in total. The Morgan fingerprint density at radius 3 is 3.03 bits per heavy atom. The smallest absolute Gasteiger partial charge is 0.226 e. The van der Waals surface area contributed by atoms with Crippen molar-refractivity contribution in [3.05, 3.63) is 53.4 Å².